The van der Waals surface area contributed by atoms with E-state index < -0.39 is 11.9 Å². The van der Waals surface area contributed by atoms with Crippen LogP contribution in [0, 0.1) is 5.92 Å². The van der Waals surface area contributed by atoms with Crippen LogP contribution < -0.4 is 5.32 Å². The van der Waals surface area contributed by atoms with E-state index in [1.165, 1.54) is 6.42 Å². The first-order valence-electron chi connectivity index (χ1n) is 7.55. The highest BCUT2D eigenvalue weighted by Crippen LogP contribution is 2.27. The Morgan fingerprint density at radius 2 is 2.15 bits per heavy atom. The van der Waals surface area contributed by atoms with Gasteiger partial charge in [-0.3, -0.25) is 9.69 Å². The van der Waals surface area contributed by atoms with Gasteiger partial charge in [-0.2, -0.15) is 0 Å². The molecular formula is C14H25N3O3. The fourth-order valence-electron chi connectivity index (χ4n) is 3.27. The van der Waals surface area contributed by atoms with E-state index in [2.05, 4.69) is 10.2 Å². The molecule has 114 valence electrons. The van der Waals surface area contributed by atoms with Crippen molar-refractivity contribution < 1.29 is 14.7 Å². The van der Waals surface area contributed by atoms with E-state index in [0.717, 1.165) is 25.9 Å². The van der Waals surface area contributed by atoms with Crippen molar-refractivity contribution in [2.24, 2.45) is 5.92 Å². The standard InChI is InChI=1S/C14H25N3O3/c1-3-16(9-10(2)13(18)19)14(20)15-11-6-8-17-7-4-5-12(11)17/h10-12H,3-9H2,1-2H3,(H,15,20)(H,18,19). The maximum Gasteiger partial charge on any atom is 0.317 e. The summed E-state index contributed by atoms with van der Waals surface area (Å²) in [5, 5.41) is 12.0. The molecule has 2 amide bonds. The van der Waals surface area contributed by atoms with Gasteiger partial charge in [-0.05, 0) is 32.7 Å². The van der Waals surface area contributed by atoms with Gasteiger partial charge in [0.25, 0.3) is 0 Å². The van der Waals surface area contributed by atoms with Crippen LogP contribution in [0.25, 0.3) is 0 Å². The molecule has 3 unspecified atom stereocenters. The maximum atomic E-state index is 12.3. The van der Waals surface area contributed by atoms with Gasteiger partial charge >= 0.3 is 12.0 Å². The smallest absolute Gasteiger partial charge is 0.317 e. The molecule has 2 aliphatic rings. The fourth-order valence-corrected chi connectivity index (χ4v) is 3.27. The van der Waals surface area contributed by atoms with E-state index in [0.29, 0.717) is 12.6 Å². The molecule has 0 saturated carbocycles. The van der Waals surface area contributed by atoms with Gasteiger partial charge in [0.05, 0.1) is 5.92 Å². The Kier molecular flexibility index (Phi) is 4.86. The maximum absolute atomic E-state index is 12.3. The topological polar surface area (TPSA) is 72.9 Å². The Morgan fingerprint density at radius 3 is 2.80 bits per heavy atom. The van der Waals surface area contributed by atoms with Gasteiger partial charge in [-0.15, -0.1) is 0 Å². The Morgan fingerprint density at radius 1 is 1.40 bits per heavy atom. The Hall–Kier alpha value is -1.30. The molecule has 0 aromatic carbocycles. The number of amides is 2. The quantitative estimate of drug-likeness (QED) is 0.789. The first kappa shape index (κ1) is 15.1. The van der Waals surface area contributed by atoms with Gasteiger partial charge in [-0.25, -0.2) is 4.79 Å². The van der Waals surface area contributed by atoms with Crippen molar-refractivity contribution in [3.8, 4) is 0 Å². The molecule has 2 saturated heterocycles. The average molecular weight is 283 g/mol. The highest BCUT2D eigenvalue weighted by atomic mass is 16.4. The number of carboxylic acids is 1. The Balaban J connectivity index is 1.87. The Bertz CT molecular complexity index is 375. The van der Waals surface area contributed by atoms with Crippen LogP contribution in [-0.4, -0.2) is 65.2 Å². The molecule has 2 rings (SSSR count). The molecule has 6 heteroatoms. The van der Waals surface area contributed by atoms with Crippen LogP contribution in [0.5, 0.6) is 0 Å². The van der Waals surface area contributed by atoms with Crippen LogP contribution in [0.3, 0.4) is 0 Å². The molecule has 0 bridgehead atoms. The van der Waals surface area contributed by atoms with Gasteiger partial charge in [-0.1, -0.05) is 6.92 Å². The molecular weight excluding hydrogens is 258 g/mol. The second-order valence-electron chi connectivity index (χ2n) is 5.87. The van der Waals surface area contributed by atoms with E-state index in [-0.39, 0.29) is 18.6 Å². The minimum absolute atomic E-state index is 0.126. The third-order valence-electron chi connectivity index (χ3n) is 4.50. The number of hydrogen-bond acceptors (Lipinski definition) is 3. The molecule has 0 aromatic rings. The summed E-state index contributed by atoms with van der Waals surface area (Å²) in [6.45, 7) is 6.51. The van der Waals surface area contributed by atoms with Crippen LogP contribution in [-0.2, 0) is 4.79 Å². The predicted octanol–water partition coefficient (Wildman–Crippen LogP) is 0.975. The van der Waals surface area contributed by atoms with Crippen LogP contribution >= 0.6 is 0 Å². The van der Waals surface area contributed by atoms with Crippen molar-refractivity contribution in [1.82, 2.24) is 15.1 Å². The summed E-state index contributed by atoms with van der Waals surface area (Å²) in [6, 6.07) is 0.577. The van der Waals surface area contributed by atoms with Crippen molar-refractivity contribution in [3.63, 3.8) is 0 Å². The summed E-state index contributed by atoms with van der Waals surface area (Å²) < 4.78 is 0. The van der Waals surface area contributed by atoms with Crippen molar-refractivity contribution in [3.05, 3.63) is 0 Å². The molecule has 6 nitrogen and oxygen atoms in total. The number of aliphatic carboxylic acids is 1. The summed E-state index contributed by atoms with van der Waals surface area (Å²) in [7, 11) is 0. The van der Waals surface area contributed by atoms with Gasteiger partial charge in [0.1, 0.15) is 0 Å². The van der Waals surface area contributed by atoms with Crippen molar-refractivity contribution in [2.45, 2.75) is 45.2 Å². The molecule has 0 aromatic heterocycles. The van der Waals surface area contributed by atoms with Crippen molar-refractivity contribution >= 4 is 12.0 Å². The first-order valence-corrected chi connectivity index (χ1v) is 7.55. The van der Waals surface area contributed by atoms with Crippen LogP contribution in [0.4, 0.5) is 4.79 Å². The summed E-state index contributed by atoms with van der Waals surface area (Å²) in [5.41, 5.74) is 0. The second kappa shape index (κ2) is 6.43. The Labute approximate surface area is 120 Å². The van der Waals surface area contributed by atoms with Crippen LogP contribution in [0.1, 0.15) is 33.1 Å². The minimum atomic E-state index is -0.862. The minimum Gasteiger partial charge on any atom is -0.481 e. The monoisotopic (exact) mass is 283 g/mol. The molecule has 2 aliphatic heterocycles. The number of fused-ring (bicyclic) bond motifs is 1. The third kappa shape index (κ3) is 3.23. The highest BCUT2D eigenvalue weighted by Gasteiger charge is 2.38. The zero-order valence-corrected chi connectivity index (χ0v) is 12.3. The van der Waals surface area contributed by atoms with Crippen LogP contribution in [0.15, 0.2) is 0 Å². The van der Waals surface area contributed by atoms with Gasteiger partial charge in [0, 0.05) is 31.7 Å². The molecule has 2 fully saturated rings. The number of carbonyl (C=O) groups excluding carboxylic acids is 1. The zero-order valence-electron chi connectivity index (χ0n) is 12.3. The summed E-state index contributed by atoms with van der Waals surface area (Å²) >= 11 is 0. The molecule has 20 heavy (non-hydrogen) atoms. The molecule has 0 spiro atoms. The van der Waals surface area contributed by atoms with Gasteiger partial charge < -0.3 is 15.3 Å². The third-order valence-corrected chi connectivity index (χ3v) is 4.50. The lowest BCUT2D eigenvalue weighted by Gasteiger charge is -2.27. The number of urea groups is 1. The normalized spacial score (nSPS) is 27.1. The number of rotatable bonds is 5. The lowest BCUT2D eigenvalue weighted by Crippen LogP contribution is -2.49. The van der Waals surface area contributed by atoms with E-state index in [1.54, 1.807) is 11.8 Å². The van der Waals surface area contributed by atoms with Crippen molar-refractivity contribution in [1.29, 1.82) is 0 Å². The first-order chi connectivity index (χ1) is 9.52. The summed E-state index contributed by atoms with van der Waals surface area (Å²) in [4.78, 5) is 27.2. The van der Waals surface area contributed by atoms with Gasteiger partial charge in [0.2, 0.25) is 0 Å². The number of carboxylic acid groups (broad SMARTS) is 1. The predicted molar refractivity (Wildman–Crippen MR) is 75.6 cm³/mol. The molecule has 2 N–H and O–H groups in total. The molecule has 0 radical (unpaired) electrons. The molecule has 2 heterocycles. The lowest BCUT2D eigenvalue weighted by atomic mass is 10.1. The SMILES string of the molecule is CCN(CC(C)C(=O)O)C(=O)NC1CCN2CCCC12. The second-order valence-corrected chi connectivity index (χ2v) is 5.87. The number of nitrogens with zero attached hydrogens (tertiary/aromatic N) is 2. The van der Waals surface area contributed by atoms with E-state index >= 15 is 0 Å². The summed E-state index contributed by atoms with van der Waals surface area (Å²) in [6.07, 6.45) is 3.37. The van der Waals surface area contributed by atoms with E-state index in [9.17, 15) is 9.59 Å². The fraction of sp³-hybridized carbons (Fsp3) is 0.857. The van der Waals surface area contributed by atoms with Gasteiger partial charge in [0.15, 0.2) is 0 Å². The summed E-state index contributed by atoms with van der Waals surface area (Å²) in [5.74, 6) is -1.40. The highest BCUT2D eigenvalue weighted by molar-refractivity contribution is 5.76. The van der Waals surface area contributed by atoms with E-state index in [1.807, 2.05) is 6.92 Å². The zero-order chi connectivity index (χ0) is 14.7. The number of carbonyl (C=O) groups is 2. The van der Waals surface area contributed by atoms with E-state index in [4.69, 9.17) is 5.11 Å². The molecule has 3 atom stereocenters. The lowest BCUT2D eigenvalue weighted by molar-refractivity contribution is -0.141. The number of hydrogen-bond donors (Lipinski definition) is 2. The van der Waals surface area contributed by atoms with Crippen LogP contribution in [0.2, 0.25) is 0 Å². The molecule has 0 aliphatic carbocycles. The average Bonchev–Trinajstić information content (AvgIpc) is 3.00. The number of nitrogens with one attached hydrogen (secondary N) is 1. The largest absolute Gasteiger partial charge is 0.481 e. The van der Waals surface area contributed by atoms with Crippen molar-refractivity contribution in [2.75, 3.05) is 26.2 Å².